The van der Waals surface area contributed by atoms with E-state index < -0.39 is 5.97 Å². The lowest BCUT2D eigenvalue weighted by atomic mass is 9.93. The Bertz CT molecular complexity index is 495. The van der Waals surface area contributed by atoms with Gasteiger partial charge in [-0.25, -0.2) is 0 Å². The molecule has 5 heteroatoms. The minimum Gasteiger partial charge on any atom is -0.481 e. The first-order chi connectivity index (χ1) is 9.70. The van der Waals surface area contributed by atoms with E-state index in [-0.39, 0.29) is 0 Å². The summed E-state index contributed by atoms with van der Waals surface area (Å²) in [6.07, 6.45) is 2.24. The van der Waals surface area contributed by atoms with Crippen molar-refractivity contribution in [1.82, 2.24) is 4.90 Å². The minimum absolute atomic E-state index is 0.303. The van der Waals surface area contributed by atoms with Crippen molar-refractivity contribution in [2.45, 2.75) is 25.8 Å². The summed E-state index contributed by atoms with van der Waals surface area (Å²) in [5, 5.41) is 8.82. The third-order valence-corrected chi connectivity index (χ3v) is 4.01. The first kappa shape index (κ1) is 13.2. The molecule has 2 aliphatic heterocycles. The molecule has 1 fully saturated rings. The molecule has 0 amide bonds. The largest absolute Gasteiger partial charge is 0.481 e. The maximum Gasteiger partial charge on any atom is 0.303 e. The number of aliphatic carboxylic acids is 1. The first-order valence-electron chi connectivity index (χ1n) is 7.03. The lowest BCUT2D eigenvalue weighted by Gasteiger charge is -2.31. The summed E-state index contributed by atoms with van der Waals surface area (Å²) in [7, 11) is 0. The number of carboxylic acids is 1. The number of rotatable bonds is 4. The Kier molecular flexibility index (Phi) is 3.78. The molecule has 0 spiro atoms. The van der Waals surface area contributed by atoms with Crippen LogP contribution in [0.1, 0.15) is 24.8 Å². The van der Waals surface area contributed by atoms with E-state index >= 15 is 0 Å². The zero-order valence-corrected chi connectivity index (χ0v) is 11.4. The van der Waals surface area contributed by atoms with Crippen molar-refractivity contribution in [3.05, 3.63) is 23.8 Å². The third-order valence-electron chi connectivity index (χ3n) is 4.01. The van der Waals surface area contributed by atoms with Gasteiger partial charge in [0, 0.05) is 13.0 Å². The Hall–Kier alpha value is -1.75. The van der Waals surface area contributed by atoms with Crippen LogP contribution in [0.5, 0.6) is 11.5 Å². The van der Waals surface area contributed by atoms with E-state index in [4.69, 9.17) is 14.6 Å². The smallest absolute Gasteiger partial charge is 0.303 e. The van der Waals surface area contributed by atoms with Crippen LogP contribution in [0.2, 0.25) is 0 Å². The van der Waals surface area contributed by atoms with Crippen LogP contribution < -0.4 is 9.47 Å². The Morgan fingerprint density at radius 1 is 1.25 bits per heavy atom. The topological polar surface area (TPSA) is 59.0 Å². The predicted octanol–water partition coefficient (Wildman–Crippen LogP) is 2.10. The highest BCUT2D eigenvalue weighted by molar-refractivity contribution is 5.67. The zero-order chi connectivity index (χ0) is 13.9. The molecule has 108 valence electrons. The van der Waals surface area contributed by atoms with Gasteiger partial charge in [0.1, 0.15) is 0 Å². The number of nitrogens with zero attached hydrogens (tertiary/aromatic N) is 1. The summed E-state index contributed by atoms with van der Waals surface area (Å²) in [5.41, 5.74) is 1.21. The molecule has 5 nitrogen and oxygen atoms in total. The van der Waals surface area contributed by atoms with Crippen molar-refractivity contribution in [2.24, 2.45) is 5.92 Å². The second-order valence-electron chi connectivity index (χ2n) is 5.50. The highest BCUT2D eigenvalue weighted by Crippen LogP contribution is 2.33. The van der Waals surface area contributed by atoms with Crippen LogP contribution in [0, 0.1) is 5.92 Å². The molecule has 0 bridgehead atoms. The molecule has 3 rings (SSSR count). The lowest BCUT2D eigenvalue weighted by molar-refractivity contribution is -0.138. The van der Waals surface area contributed by atoms with Gasteiger partial charge in [-0.1, -0.05) is 6.07 Å². The second kappa shape index (κ2) is 5.71. The van der Waals surface area contributed by atoms with Gasteiger partial charge in [0.25, 0.3) is 0 Å². The number of carbonyl (C=O) groups is 1. The van der Waals surface area contributed by atoms with Crippen LogP contribution in [0.25, 0.3) is 0 Å². The monoisotopic (exact) mass is 277 g/mol. The molecule has 1 aromatic carbocycles. The van der Waals surface area contributed by atoms with Crippen LogP contribution in [0.3, 0.4) is 0 Å². The summed E-state index contributed by atoms with van der Waals surface area (Å²) in [6, 6.07) is 6.05. The maximum absolute atomic E-state index is 10.7. The molecule has 0 unspecified atom stereocenters. The summed E-state index contributed by atoms with van der Waals surface area (Å²) in [5.74, 6) is 1.29. The number of likely N-dealkylation sites (tertiary alicyclic amines) is 1. The van der Waals surface area contributed by atoms with Gasteiger partial charge in [-0.15, -0.1) is 0 Å². The number of piperidine rings is 1. The standard InChI is InChI=1S/C15H19NO4/c17-15(18)8-11-3-5-16(6-4-11)9-12-1-2-13-14(7-12)20-10-19-13/h1-2,7,11H,3-6,8-10H2,(H,17,18). The van der Waals surface area contributed by atoms with Crippen LogP contribution in [0.4, 0.5) is 0 Å². The van der Waals surface area contributed by atoms with Crippen molar-refractivity contribution >= 4 is 5.97 Å². The van der Waals surface area contributed by atoms with Gasteiger partial charge < -0.3 is 14.6 Å². The average Bonchev–Trinajstić information content (AvgIpc) is 2.88. The van der Waals surface area contributed by atoms with Gasteiger partial charge in [0.2, 0.25) is 6.79 Å². The number of hydrogen-bond donors (Lipinski definition) is 1. The molecular weight excluding hydrogens is 258 g/mol. The molecule has 1 saturated heterocycles. The number of carboxylic acid groups (broad SMARTS) is 1. The van der Waals surface area contributed by atoms with E-state index in [1.165, 1.54) is 5.56 Å². The van der Waals surface area contributed by atoms with Crippen molar-refractivity contribution in [3.63, 3.8) is 0 Å². The van der Waals surface area contributed by atoms with Gasteiger partial charge in [-0.2, -0.15) is 0 Å². The van der Waals surface area contributed by atoms with Crippen molar-refractivity contribution < 1.29 is 19.4 Å². The number of ether oxygens (including phenoxy) is 2. The van der Waals surface area contributed by atoms with E-state index in [1.54, 1.807) is 0 Å². The van der Waals surface area contributed by atoms with Crippen molar-refractivity contribution in [2.75, 3.05) is 19.9 Å². The van der Waals surface area contributed by atoms with Crippen LogP contribution in [-0.4, -0.2) is 35.9 Å². The molecule has 20 heavy (non-hydrogen) atoms. The quantitative estimate of drug-likeness (QED) is 0.913. The zero-order valence-electron chi connectivity index (χ0n) is 11.4. The molecule has 0 aromatic heterocycles. The molecule has 1 N–H and O–H groups in total. The molecule has 0 aliphatic carbocycles. The van der Waals surface area contributed by atoms with Crippen LogP contribution in [-0.2, 0) is 11.3 Å². The van der Waals surface area contributed by atoms with Crippen molar-refractivity contribution in [3.8, 4) is 11.5 Å². The van der Waals surface area contributed by atoms with Gasteiger partial charge in [0.05, 0.1) is 0 Å². The number of hydrogen-bond acceptors (Lipinski definition) is 4. The third kappa shape index (κ3) is 3.04. The van der Waals surface area contributed by atoms with Crippen molar-refractivity contribution in [1.29, 1.82) is 0 Å². The Morgan fingerprint density at radius 2 is 2.00 bits per heavy atom. The molecule has 0 radical (unpaired) electrons. The molecule has 0 atom stereocenters. The lowest BCUT2D eigenvalue weighted by Crippen LogP contribution is -2.33. The SMILES string of the molecule is O=C(O)CC1CCN(Cc2ccc3c(c2)OCO3)CC1. The van der Waals surface area contributed by atoms with E-state index in [0.29, 0.717) is 19.1 Å². The number of fused-ring (bicyclic) bond motifs is 1. The highest BCUT2D eigenvalue weighted by Gasteiger charge is 2.22. The summed E-state index contributed by atoms with van der Waals surface area (Å²) < 4.78 is 10.7. The van der Waals surface area contributed by atoms with E-state index in [9.17, 15) is 4.79 Å². The minimum atomic E-state index is -0.681. The summed E-state index contributed by atoms with van der Waals surface area (Å²) in [6.45, 7) is 3.12. The van der Waals surface area contributed by atoms with Gasteiger partial charge in [-0.3, -0.25) is 9.69 Å². The van der Waals surface area contributed by atoms with Gasteiger partial charge in [-0.05, 0) is 49.5 Å². The molecule has 0 saturated carbocycles. The molecule has 2 heterocycles. The first-order valence-corrected chi connectivity index (χ1v) is 7.03. The van der Waals surface area contributed by atoms with Gasteiger partial charge >= 0.3 is 5.97 Å². The maximum atomic E-state index is 10.7. The van der Waals surface area contributed by atoms with E-state index in [0.717, 1.165) is 44.0 Å². The van der Waals surface area contributed by atoms with Crippen LogP contribution in [0.15, 0.2) is 18.2 Å². The molecule has 1 aromatic rings. The number of benzene rings is 1. The second-order valence-corrected chi connectivity index (χ2v) is 5.50. The fourth-order valence-electron chi connectivity index (χ4n) is 2.89. The Labute approximate surface area is 118 Å². The Balaban J connectivity index is 1.53. The Morgan fingerprint density at radius 3 is 2.75 bits per heavy atom. The fraction of sp³-hybridized carbons (Fsp3) is 0.533. The summed E-state index contributed by atoms with van der Waals surface area (Å²) in [4.78, 5) is 13.1. The molecule has 2 aliphatic rings. The van der Waals surface area contributed by atoms with Crippen LogP contribution >= 0.6 is 0 Å². The summed E-state index contributed by atoms with van der Waals surface area (Å²) >= 11 is 0. The highest BCUT2D eigenvalue weighted by atomic mass is 16.7. The average molecular weight is 277 g/mol. The molecular formula is C15H19NO4. The normalized spacial score (nSPS) is 19.2. The predicted molar refractivity (Wildman–Crippen MR) is 72.8 cm³/mol. The van der Waals surface area contributed by atoms with E-state index in [1.807, 2.05) is 12.1 Å². The van der Waals surface area contributed by atoms with Gasteiger partial charge in [0.15, 0.2) is 11.5 Å². The fourth-order valence-corrected chi connectivity index (χ4v) is 2.89. The van der Waals surface area contributed by atoms with E-state index in [2.05, 4.69) is 11.0 Å².